The van der Waals surface area contributed by atoms with Gasteiger partial charge in [-0.2, -0.15) is 0 Å². The summed E-state index contributed by atoms with van der Waals surface area (Å²) >= 11 is 0. The van der Waals surface area contributed by atoms with Crippen molar-refractivity contribution >= 4 is 27.3 Å². The maximum Gasteiger partial charge on any atom is 0.271 e. The maximum absolute atomic E-state index is 13.3. The molecule has 158 valence electrons. The molecule has 2 aromatic rings. The molecular weight excluding hydrogens is 406 g/mol. The van der Waals surface area contributed by atoms with E-state index in [0.29, 0.717) is 11.8 Å². The van der Waals surface area contributed by atoms with Crippen molar-refractivity contribution in [2.24, 2.45) is 11.8 Å². The van der Waals surface area contributed by atoms with Crippen LogP contribution in [0.2, 0.25) is 0 Å². The number of nitro benzene ring substituents is 1. The van der Waals surface area contributed by atoms with Crippen molar-refractivity contribution in [3.63, 3.8) is 0 Å². The van der Waals surface area contributed by atoms with Gasteiger partial charge in [-0.25, -0.2) is 8.42 Å². The Kier molecular flexibility index (Phi) is 5.46. The molecule has 9 heteroatoms. The lowest BCUT2D eigenvalue weighted by atomic mass is 9.95. The molecule has 2 aromatic carbocycles. The molecule has 2 fully saturated rings. The minimum Gasteiger partial charge on any atom is -0.352 e. The Hall–Kier alpha value is -2.94. The van der Waals surface area contributed by atoms with Gasteiger partial charge in [-0.1, -0.05) is 30.7 Å². The Labute approximate surface area is 175 Å². The Morgan fingerprint density at radius 3 is 2.50 bits per heavy atom. The van der Waals surface area contributed by atoms with Crippen molar-refractivity contribution in [1.29, 1.82) is 0 Å². The Bertz CT molecular complexity index is 1060. The van der Waals surface area contributed by atoms with Crippen molar-refractivity contribution in [3.8, 4) is 0 Å². The monoisotopic (exact) mass is 429 g/mol. The van der Waals surface area contributed by atoms with Crippen LogP contribution in [0, 0.1) is 22.0 Å². The SMILES string of the molecule is O=C(CN(c1cccc([N+](=O)[O-])c1)S(=O)(=O)c1ccccc1)N[C@H]1C[C@@H]2CC[C@@H]1C2. The molecule has 2 bridgehead atoms. The zero-order valence-corrected chi connectivity index (χ0v) is 17.1. The summed E-state index contributed by atoms with van der Waals surface area (Å²) in [5.41, 5.74) is -0.162. The second-order valence-electron chi connectivity index (χ2n) is 7.95. The van der Waals surface area contributed by atoms with Gasteiger partial charge in [0, 0.05) is 18.2 Å². The zero-order chi connectivity index (χ0) is 21.3. The standard InChI is InChI=1S/C21H23N3O5S/c25-21(22-20-12-15-9-10-16(20)11-15)14-23(17-5-4-6-18(13-17)24(26)27)30(28,29)19-7-2-1-3-8-19/h1-8,13,15-16,20H,9-12,14H2,(H,22,25)/t15-,16-,20+/m1/s1. The average molecular weight is 429 g/mol. The molecule has 2 aliphatic carbocycles. The maximum atomic E-state index is 13.3. The van der Waals surface area contributed by atoms with Gasteiger partial charge in [0.15, 0.2) is 0 Å². The number of fused-ring (bicyclic) bond motifs is 2. The van der Waals surface area contributed by atoms with E-state index >= 15 is 0 Å². The highest BCUT2D eigenvalue weighted by Crippen LogP contribution is 2.44. The largest absolute Gasteiger partial charge is 0.352 e. The van der Waals surface area contributed by atoms with Crippen molar-refractivity contribution in [1.82, 2.24) is 5.32 Å². The predicted molar refractivity (Wildman–Crippen MR) is 111 cm³/mol. The molecule has 4 rings (SSSR count). The molecule has 0 spiro atoms. The second-order valence-corrected chi connectivity index (χ2v) is 9.81. The van der Waals surface area contributed by atoms with Gasteiger partial charge in [0.05, 0.1) is 15.5 Å². The van der Waals surface area contributed by atoms with Gasteiger partial charge in [0.2, 0.25) is 5.91 Å². The van der Waals surface area contributed by atoms with E-state index in [0.717, 1.165) is 23.6 Å². The van der Waals surface area contributed by atoms with Gasteiger partial charge in [-0.15, -0.1) is 0 Å². The van der Waals surface area contributed by atoms with Gasteiger partial charge < -0.3 is 5.32 Å². The highest BCUT2D eigenvalue weighted by atomic mass is 32.2. The van der Waals surface area contributed by atoms with Gasteiger partial charge in [0.25, 0.3) is 15.7 Å². The summed E-state index contributed by atoms with van der Waals surface area (Å²) in [5, 5.41) is 14.2. The molecular formula is C21H23N3O5S. The van der Waals surface area contributed by atoms with Crippen LogP contribution in [-0.2, 0) is 14.8 Å². The van der Waals surface area contributed by atoms with Crippen molar-refractivity contribution in [3.05, 3.63) is 64.7 Å². The van der Waals surface area contributed by atoms with Crippen LogP contribution < -0.4 is 9.62 Å². The van der Waals surface area contributed by atoms with E-state index in [2.05, 4.69) is 5.32 Å². The van der Waals surface area contributed by atoms with Crippen LogP contribution in [0.25, 0.3) is 0 Å². The molecule has 1 N–H and O–H groups in total. The molecule has 0 heterocycles. The first kappa shape index (κ1) is 20.3. The number of hydrogen-bond donors (Lipinski definition) is 1. The first-order valence-electron chi connectivity index (χ1n) is 9.96. The number of benzene rings is 2. The van der Waals surface area contributed by atoms with Crippen LogP contribution in [0.3, 0.4) is 0 Å². The summed E-state index contributed by atoms with van der Waals surface area (Å²) in [5.74, 6) is 0.690. The number of nitrogens with zero attached hydrogens (tertiary/aromatic N) is 2. The van der Waals surface area contributed by atoms with E-state index in [4.69, 9.17) is 0 Å². The highest BCUT2D eigenvalue weighted by molar-refractivity contribution is 7.92. The summed E-state index contributed by atoms with van der Waals surface area (Å²) in [4.78, 5) is 23.4. The fraction of sp³-hybridized carbons (Fsp3) is 0.381. The van der Waals surface area contributed by atoms with Crippen LogP contribution in [0.5, 0.6) is 0 Å². The lowest BCUT2D eigenvalue weighted by Crippen LogP contribution is -2.46. The number of carbonyl (C=O) groups excluding carboxylic acids is 1. The molecule has 0 aromatic heterocycles. The number of nitrogens with one attached hydrogen (secondary N) is 1. The van der Waals surface area contributed by atoms with Crippen molar-refractivity contribution < 1.29 is 18.1 Å². The van der Waals surface area contributed by atoms with Crippen LogP contribution in [0.4, 0.5) is 11.4 Å². The fourth-order valence-electron chi connectivity index (χ4n) is 4.60. The molecule has 2 aliphatic rings. The van der Waals surface area contributed by atoms with Crippen LogP contribution in [0.15, 0.2) is 59.5 Å². The molecule has 0 aliphatic heterocycles. The first-order chi connectivity index (χ1) is 14.3. The van der Waals surface area contributed by atoms with E-state index in [-0.39, 0.29) is 22.3 Å². The Morgan fingerprint density at radius 1 is 1.10 bits per heavy atom. The molecule has 0 unspecified atom stereocenters. The number of hydrogen-bond acceptors (Lipinski definition) is 5. The average Bonchev–Trinajstić information content (AvgIpc) is 3.36. The minimum absolute atomic E-state index is 0.0178. The first-order valence-corrected chi connectivity index (χ1v) is 11.4. The quantitative estimate of drug-likeness (QED) is 0.537. The predicted octanol–water partition coefficient (Wildman–Crippen LogP) is 3.09. The number of rotatable bonds is 7. The number of carbonyl (C=O) groups is 1. The fourth-order valence-corrected chi connectivity index (χ4v) is 6.03. The summed E-state index contributed by atoms with van der Waals surface area (Å²) in [6, 6.07) is 13.1. The molecule has 8 nitrogen and oxygen atoms in total. The van der Waals surface area contributed by atoms with Gasteiger partial charge >= 0.3 is 0 Å². The smallest absolute Gasteiger partial charge is 0.271 e. The zero-order valence-electron chi connectivity index (χ0n) is 16.3. The second kappa shape index (κ2) is 8.06. The van der Waals surface area contributed by atoms with Crippen molar-refractivity contribution in [2.45, 2.75) is 36.6 Å². The van der Waals surface area contributed by atoms with Crippen molar-refractivity contribution in [2.75, 3.05) is 10.8 Å². The molecule has 1 amide bonds. The molecule has 0 saturated heterocycles. The van der Waals surface area contributed by atoms with E-state index in [9.17, 15) is 23.3 Å². The Balaban J connectivity index is 1.62. The van der Waals surface area contributed by atoms with Gasteiger partial charge in [-0.05, 0) is 49.3 Å². The van der Waals surface area contributed by atoms with Gasteiger partial charge in [0.1, 0.15) is 6.54 Å². The summed E-state index contributed by atoms with van der Waals surface area (Å²) in [6.45, 7) is -0.438. The molecule has 30 heavy (non-hydrogen) atoms. The molecule has 3 atom stereocenters. The number of sulfonamides is 1. The molecule has 2 saturated carbocycles. The third-order valence-corrected chi connectivity index (χ3v) is 7.82. The molecule has 0 radical (unpaired) electrons. The summed E-state index contributed by atoms with van der Waals surface area (Å²) in [7, 11) is -4.09. The number of nitro groups is 1. The van der Waals surface area contributed by atoms with E-state index in [1.807, 2.05) is 0 Å². The Morgan fingerprint density at radius 2 is 1.87 bits per heavy atom. The minimum atomic E-state index is -4.09. The van der Waals surface area contributed by atoms with Crippen LogP contribution in [-0.4, -0.2) is 31.8 Å². The number of amides is 1. The lowest BCUT2D eigenvalue weighted by Gasteiger charge is -2.27. The third-order valence-electron chi connectivity index (χ3n) is 6.03. The lowest BCUT2D eigenvalue weighted by molar-refractivity contribution is -0.384. The number of anilines is 1. The van der Waals surface area contributed by atoms with E-state index in [1.54, 1.807) is 18.2 Å². The van der Waals surface area contributed by atoms with Crippen LogP contribution in [0.1, 0.15) is 25.7 Å². The van der Waals surface area contributed by atoms with E-state index in [1.165, 1.54) is 42.8 Å². The highest BCUT2D eigenvalue weighted by Gasteiger charge is 2.40. The number of non-ortho nitro benzene ring substituents is 1. The van der Waals surface area contributed by atoms with Crippen LogP contribution >= 0.6 is 0 Å². The normalized spacial score (nSPS) is 22.6. The topological polar surface area (TPSA) is 110 Å². The summed E-state index contributed by atoms with van der Waals surface area (Å²) in [6.07, 6.45) is 4.33. The van der Waals surface area contributed by atoms with Gasteiger partial charge in [-0.3, -0.25) is 19.2 Å². The third kappa shape index (κ3) is 4.02. The summed E-state index contributed by atoms with van der Waals surface area (Å²) < 4.78 is 27.5. The van der Waals surface area contributed by atoms with E-state index < -0.39 is 27.4 Å².